The molecule has 1 aliphatic heterocycles. The predicted molar refractivity (Wildman–Crippen MR) is 142 cm³/mol. The molecular formula is C29H33N5O. The van der Waals surface area contributed by atoms with Crippen LogP contribution in [0.2, 0.25) is 0 Å². The van der Waals surface area contributed by atoms with Crippen molar-refractivity contribution in [3.8, 4) is 0 Å². The summed E-state index contributed by atoms with van der Waals surface area (Å²) in [7, 11) is 0. The van der Waals surface area contributed by atoms with Gasteiger partial charge >= 0.3 is 0 Å². The Kier molecular flexibility index (Phi) is 5.85. The Morgan fingerprint density at radius 1 is 0.800 bits per heavy atom. The first kappa shape index (κ1) is 23.1. The molecule has 35 heavy (non-hydrogen) atoms. The van der Waals surface area contributed by atoms with E-state index in [1.807, 2.05) is 91.5 Å². The number of guanidine groups is 2. The van der Waals surface area contributed by atoms with Gasteiger partial charge in [0.05, 0.1) is 5.69 Å². The molecule has 3 aromatic rings. The Hall–Kier alpha value is -3.64. The molecule has 1 fully saturated rings. The lowest BCUT2D eigenvalue weighted by atomic mass is 9.78. The molecule has 0 aromatic heterocycles. The highest BCUT2D eigenvalue weighted by molar-refractivity contribution is 6.06. The summed E-state index contributed by atoms with van der Waals surface area (Å²) in [6.07, 6.45) is 4.86. The Labute approximate surface area is 207 Å². The lowest BCUT2D eigenvalue weighted by Crippen LogP contribution is -2.59. The number of aryl methyl sites for hydroxylation is 2. The normalized spacial score (nSPS) is 17.7. The van der Waals surface area contributed by atoms with Crippen LogP contribution in [-0.2, 0) is 5.60 Å². The van der Waals surface area contributed by atoms with Crippen LogP contribution in [-0.4, -0.2) is 22.7 Å². The molecule has 180 valence electrons. The van der Waals surface area contributed by atoms with Gasteiger partial charge in [0.25, 0.3) is 0 Å². The maximum absolute atomic E-state index is 12.7. The van der Waals surface area contributed by atoms with Gasteiger partial charge in [0.1, 0.15) is 11.3 Å². The molecule has 1 saturated carbocycles. The molecule has 1 spiro atoms. The van der Waals surface area contributed by atoms with Crippen molar-refractivity contribution in [2.24, 2.45) is 21.5 Å². The molecule has 0 bridgehead atoms. The molecule has 0 unspecified atom stereocenters. The van der Waals surface area contributed by atoms with Crippen molar-refractivity contribution in [1.29, 1.82) is 0 Å². The van der Waals surface area contributed by atoms with Gasteiger partial charge in [-0.3, -0.25) is 4.90 Å². The van der Waals surface area contributed by atoms with Crippen LogP contribution < -0.4 is 16.4 Å². The number of hydrogen-bond acceptors (Lipinski definition) is 6. The van der Waals surface area contributed by atoms with E-state index in [4.69, 9.17) is 16.5 Å². The molecule has 6 nitrogen and oxygen atoms in total. The minimum absolute atomic E-state index is 0.213. The average molecular weight is 468 g/mol. The minimum atomic E-state index is -1.42. The third-order valence-electron chi connectivity index (χ3n) is 7.32. The van der Waals surface area contributed by atoms with Gasteiger partial charge in [-0.15, -0.1) is 0 Å². The fourth-order valence-corrected chi connectivity index (χ4v) is 5.51. The molecule has 0 saturated heterocycles. The van der Waals surface area contributed by atoms with E-state index >= 15 is 0 Å². The number of anilines is 1. The van der Waals surface area contributed by atoms with Gasteiger partial charge in [0.2, 0.25) is 11.9 Å². The summed E-state index contributed by atoms with van der Waals surface area (Å²) in [6.45, 7) is 4.09. The Balaban J connectivity index is 1.75. The van der Waals surface area contributed by atoms with Gasteiger partial charge in [0, 0.05) is 5.56 Å². The van der Waals surface area contributed by atoms with Crippen molar-refractivity contribution in [3.63, 3.8) is 0 Å². The summed E-state index contributed by atoms with van der Waals surface area (Å²) in [4.78, 5) is 11.2. The van der Waals surface area contributed by atoms with Crippen LogP contribution in [0.4, 0.5) is 5.69 Å². The SMILES string of the molecule is Cc1ccc(C(O)(c2ccc(C)cc2)c2ccccc2N2C(N)=NC(N)=NC23CCCCC3)cc1. The van der Waals surface area contributed by atoms with Gasteiger partial charge < -0.3 is 16.6 Å². The van der Waals surface area contributed by atoms with Gasteiger partial charge in [-0.2, -0.15) is 4.99 Å². The van der Waals surface area contributed by atoms with Crippen molar-refractivity contribution in [2.75, 3.05) is 4.90 Å². The Bertz CT molecular complexity index is 1230. The number of nitrogens with two attached hydrogens (primary N) is 2. The highest BCUT2D eigenvalue weighted by Crippen LogP contribution is 2.46. The third-order valence-corrected chi connectivity index (χ3v) is 7.32. The molecule has 1 aliphatic carbocycles. The van der Waals surface area contributed by atoms with E-state index in [0.717, 1.165) is 65.6 Å². The van der Waals surface area contributed by atoms with Crippen LogP contribution in [0.15, 0.2) is 82.8 Å². The number of hydrogen-bond donors (Lipinski definition) is 3. The minimum Gasteiger partial charge on any atom is -0.376 e. The van der Waals surface area contributed by atoms with E-state index in [9.17, 15) is 5.11 Å². The third kappa shape index (κ3) is 3.98. The van der Waals surface area contributed by atoms with Crippen molar-refractivity contribution in [3.05, 3.63) is 101 Å². The van der Waals surface area contributed by atoms with E-state index < -0.39 is 11.3 Å². The molecule has 1 heterocycles. The topological polar surface area (TPSA) is 100 Å². The number of aliphatic imine (C=N–C) groups is 2. The summed E-state index contributed by atoms with van der Waals surface area (Å²) in [5.41, 5.74) is 16.0. The van der Waals surface area contributed by atoms with Crippen LogP contribution in [0.3, 0.4) is 0 Å². The van der Waals surface area contributed by atoms with Crippen LogP contribution in [0.25, 0.3) is 0 Å². The molecule has 3 aromatic carbocycles. The second-order valence-electron chi connectivity index (χ2n) is 9.78. The fraction of sp³-hybridized carbons (Fsp3) is 0.310. The quantitative estimate of drug-likeness (QED) is 0.484. The average Bonchev–Trinajstić information content (AvgIpc) is 2.85. The van der Waals surface area contributed by atoms with Crippen LogP contribution >= 0.6 is 0 Å². The molecule has 2 aliphatic rings. The summed E-state index contributed by atoms with van der Waals surface area (Å²) in [6, 6.07) is 24.0. The van der Waals surface area contributed by atoms with Gasteiger partial charge in [0.15, 0.2) is 0 Å². The van der Waals surface area contributed by atoms with Crippen molar-refractivity contribution in [2.45, 2.75) is 57.2 Å². The van der Waals surface area contributed by atoms with Crippen LogP contribution in [0.1, 0.15) is 59.9 Å². The molecule has 0 radical (unpaired) electrons. The smallest absolute Gasteiger partial charge is 0.220 e. The summed E-state index contributed by atoms with van der Waals surface area (Å²) in [5.74, 6) is 0.521. The van der Waals surface area contributed by atoms with Gasteiger partial charge in [-0.05, 0) is 56.7 Å². The van der Waals surface area contributed by atoms with Gasteiger partial charge in [-0.25, -0.2) is 4.99 Å². The van der Waals surface area contributed by atoms with E-state index in [2.05, 4.69) is 4.99 Å². The first-order valence-electron chi connectivity index (χ1n) is 12.3. The number of benzene rings is 3. The van der Waals surface area contributed by atoms with Crippen LogP contribution in [0.5, 0.6) is 0 Å². The second kappa shape index (κ2) is 8.86. The summed E-state index contributed by atoms with van der Waals surface area (Å²) in [5, 5.41) is 12.7. The van der Waals surface area contributed by atoms with Gasteiger partial charge in [-0.1, -0.05) is 84.3 Å². The lowest BCUT2D eigenvalue weighted by molar-refractivity contribution is 0.126. The molecule has 0 amide bonds. The highest BCUT2D eigenvalue weighted by Gasteiger charge is 2.46. The van der Waals surface area contributed by atoms with Crippen LogP contribution in [0, 0.1) is 13.8 Å². The molecule has 6 heteroatoms. The zero-order chi connectivity index (χ0) is 24.6. The first-order chi connectivity index (χ1) is 16.8. The Morgan fingerprint density at radius 3 is 1.91 bits per heavy atom. The number of para-hydroxylation sites is 1. The standard InChI is InChI=1S/C29H33N5O/c1-20-10-14-22(15-11-20)29(35,23-16-12-21(2)13-17-23)24-8-4-5-9-25(24)34-27(31)32-26(30)33-28(34)18-6-3-7-19-28/h4-5,8-17,35H,3,6-7,18-19H2,1-2H3,(H4,30,31,32,33). The number of rotatable bonds is 4. The number of nitrogens with zero attached hydrogens (tertiary/aromatic N) is 3. The van der Waals surface area contributed by atoms with Crippen molar-refractivity contribution >= 4 is 17.6 Å². The number of aliphatic hydroxyl groups is 1. The second-order valence-corrected chi connectivity index (χ2v) is 9.78. The van der Waals surface area contributed by atoms with Crippen molar-refractivity contribution < 1.29 is 5.11 Å². The summed E-state index contributed by atoms with van der Waals surface area (Å²) >= 11 is 0. The zero-order valence-electron chi connectivity index (χ0n) is 20.4. The van der Waals surface area contributed by atoms with E-state index in [-0.39, 0.29) is 5.96 Å². The summed E-state index contributed by atoms with van der Waals surface area (Å²) < 4.78 is 0. The highest BCUT2D eigenvalue weighted by atomic mass is 16.3. The molecule has 5 N–H and O–H groups in total. The largest absolute Gasteiger partial charge is 0.376 e. The maximum Gasteiger partial charge on any atom is 0.220 e. The van der Waals surface area contributed by atoms with E-state index in [1.165, 1.54) is 0 Å². The van der Waals surface area contributed by atoms with Crippen molar-refractivity contribution in [1.82, 2.24) is 0 Å². The maximum atomic E-state index is 12.7. The predicted octanol–water partition coefficient (Wildman–Crippen LogP) is 4.70. The van der Waals surface area contributed by atoms with E-state index in [1.54, 1.807) is 0 Å². The first-order valence-corrected chi connectivity index (χ1v) is 12.3. The molecular weight excluding hydrogens is 434 g/mol. The zero-order valence-corrected chi connectivity index (χ0v) is 20.4. The van der Waals surface area contributed by atoms with E-state index in [0.29, 0.717) is 5.96 Å². The Morgan fingerprint density at radius 2 is 1.34 bits per heavy atom. The lowest BCUT2D eigenvalue weighted by Gasteiger charge is -2.47. The molecule has 5 rings (SSSR count). The molecule has 0 atom stereocenters. The fourth-order valence-electron chi connectivity index (χ4n) is 5.51. The monoisotopic (exact) mass is 467 g/mol.